The maximum atomic E-state index is 13.1. The normalized spacial score (nSPS) is 20.5. The minimum Gasteiger partial charge on any atom is -0.324 e. The number of aliphatic imine (C=N–C) groups is 2. The standard InChI is InChI=1S/C13H11F6N3O2S.C11H9F6N3O2S/c14-12(15,16)6-4-8(13(17,18)19)10-9(5-6)21-11(22-25(10,23)24)20-7-2-1-3-7;1-2-18-9-19-7-4-5(10(12,13)14)3-6(11(15,16)17)8(7)23(21,22)20-9/h4-5,7H,1-3H2,(H2,20,21,22);3-4H,2H2,1H3,(H2,18,19,20). The minimum absolute atomic E-state index is 0.0608. The summed E-state index contributed by atoms with van der Waals surface area (Å²) < 4.78 is 207. The van der Waals surface area contributed by atoms with Crippen LogP contribution in [0.2, 0.25) is 0 Å². The van der Waals surface area contributed by atoms with E-state index in [9.17, 15) is 69.5 Å². The van der Waals surface area contributed by atoms with Gasteiger partial charge in [-0.15, -0.1) is 0 Å². The smallest absolute Gasteiger partial charge is 0.324 e. The van der Waals surface area contributed by atoms with Crippen molar-refractivity contribution in [2.45, 2.75) is 66.7 Å². The van der Waals surface area contributed by atoms with E-state index in [4.69, 9.17) is 0 Å². The van der Waals surface area contributed by atoms with Gasteiger partial charge in [-0.25, -0.2) is 31.3 Å². The zero-order valence-electron chi connectivity index (χ0n) is 23.6. The molecule has 10 nitrogen and oxygen atoms in total. The molecule has 2 aromatic carbocycles. The molecular weight excluding hydrogens is 728 g/mol. The number of guanidine groups is 2. The van der Waals surface area contributed by atoms with Crippen molar-refractivity contribution in [3.63, 3.8) is 0 Å². The van der Waals surface area contributed by atoms with Gasteiger partial charge >= 0.3 is 24.7 Å². The zero-order valence-corrected chi connectivity index (χ0v) is 25.2. The molecule has 4 N–H and O–H groups in total. The average Bonchev–Trinajstić information content (AvgIpc) is 2.87. The van der Waals surface area contributed by atoms with Crippen molar-refractivity contribution in [2.24, 2.45) is 9.98 Å². The first kappa shape index (κ1) is 36.9. The predicted octanol–water partition coefficient (Wildman–Crippen LogP) is 6.14. The zero-order chi connectivity index (χ0) is 36.3. The summed E-state index contributed by atoms with van der Waals surface area (Å²) in [7, 11) is -9.45. The van der Waals surface area contributed by atoms with E-state index in [0.29, 0.717) is 25.0 Å². The molecule has 3 aliphatic rings. The van der Waals surface area contributed by atoms with Gasteiger partial charge in [0.25, 0.3) is 20.0 Å². The molecule has 266 valence electrons. The van der Waals surface area contributed by atoms with Crippen LogP contribution in [0.15, 0.2) is 44.0 Å². The van der Waals surface area contributed by atoms with Crippen molar-refractivity contribution in [1.82, 2.24) is 9.44 Å². The number of benzene rings is 2. The SMILES string of the molecule is CCN=C1Nc2cc(C(F)(F)F)cc(C(F)(F)F)c2S(=O)(=O)N1.O=S1(=O)NC(=NC2CCC2)Nc2cc(C(F)(F)F)cc(C(F)(F)F)c21. The van der Waals surface area contributed by atoms with Crippen LogP contribution < -0.4 is 20.1 Å². The molecule has 0 aromatic heterocycles. The minimum atomic E-state index is -5.29. The van der Waals surface area contributed by atoms with E-state index < -0.39 is 94.1 Å². The molecule has 2 heterocycles. The fraction of sp³-hybridized carbons (Fsp3) is 0.417. The molecule has 0 atom stereocenters. The van der Waals surface area contributed by atoms with Crippen molar-refractivity contribution in [3.05, 3.63) is 46.5 Å². The summed E-state index contributed by atoms with van der Waals surface area (Å²) in [6.07, 6.45) is -18.5. The van der Waals surface area contributed by atoms with E-state index in [2.05, 4.69) is 20.6 Å². The molecule has 5 rings (SSSR count). The molecule has 1 aliphatic carbocycles. The van der Waals surface area contributed by atoms with Crippen LogP contribution in [0.1, 0.15) is 48.4 Å². The third kappa shape index (κ3) is 7.84. The highest BCUT2D eigenvalue weighted by Crippen LogP contribution is 2.45. The second kappa shape index (κ2) is 12.2. The first-order valence-electron chi connectivity index (χ1n) is 13.1. The van der Waals surface area contributed by atoms with Gasteiger partial charge in [-0.1, -0.05) is 0 Å². The van der Waals surface area contributed by atoms with Crippen molar-refractivity contribution >= 4 is 43.3 Å². The fourth-order valence-electron chi connectivity index (χ4n) is 4.42. The van der Waals surface area contributed by atoms with Crippen LogP contribution in [0.5, 0.6) is 0 Å². The van der Waals surface area contributed by atoms with Gasteiger partial charge in [-0.2, -0.15) is 52.7 Å². The Morgan fingerprint density at radius 3 is 1.38 bits per heavy atom. The van der Waals surface area contributed by atoms with Crippen LogP contribution in [0, 0.1) is 0 Å². The number of anilines is 2. The molecule has 2 aromatic rings. The molecule has 48 heavy (non-hydrogen) atoms. The summed E-state index contributed by atoms with van der Waals surface area (Å²) in [6, 6.07) is -0.0391. The van der Waals surface area contributed by atoms with Crippen LogP contribution in [-0.4, -0.2) is 41.3 Å². The number of hydrogen-bond donors (Lipinski definition) is 4. The number of halogens is 12. The summed E-state index contributed by atoms with van der Waals surface area (Å²) in [5.41, 5.74) is -8.66. The topological polar surface area (TPSA) is 141 Å². The van der Waals surface area contributed by atoms with Crippen LogP contribution in [0.3, 0.4) is 0 Å². The quantitative estimate of drug-likeness (QED) is 0.272. The lowest BCUT2D eigenvalue weighted by atomic mass is 9.94. The molecule has 0 spiro atoms. The molecule has 1 fully saturated rings. The molecule has 0 bridgehead atoms. The Morgan fingerprint density at radius 2 is 1.04 bits per heavy atom. The third-order valence-corrected chi connectivity index (χ3v) is 9.53. The van der Waals surface area contributed by atoms with E-state index in [1.165, 1.54) is 6.92 Å². The van der Waals surface area contributed by atoms with Crippen LogP contribution in [-0.2, 0) is 44.8 Å². The highest BCUT2D eigenvalue weighted by Gasteiger charge is 2.46. The van der Waals surface area contributed by atoms with Gasteiger partial charge in [-0.05, 0) is 50.5 Å². The largest absolute Gasteiger partial charge is 0.417 e. The Bertz CT molecular complexity index is 1880. The highest BCUT2D eigenvalue weighted by atomic mass is 32.2. The molecular formula is C24H20F12N6O4S2. The third-order valence-electron chi connectivity index (χ3n) is 6.65. The van der Waals surface area contributed by atoms with E-state index in [0.717, 1.165) is 6.42 Å². The summed E-state index contributed by atoms with van der Waals surface area (Å²) in [5.74, 6) is -0.836. The number of rotatable bonds is 2. The second-order valence-corrected chi connectivity index (χ2v) is 13.4. The van der Waals surface area contributed by atoms with Gasteiger partial charge in [0.15, 0.2) is 0 Å². The molecule has 24 heteroatoms. The van der Waals surface area contributed by atoms with Gasteiger partial charge in [0.2, 0.25) is 11.9 Å². The van der Waals surface area contributed by atoms with E-state index in [1.54, 1.807) is 4.72 Å². The van der Waals surface area contributed by atoms with Gasteiger partial charge in [0, 0.05) is 6.54 Å². The van der Waals surface area contributed by atoms with E-state index in [1.807, 2.05) is 4.72 Å². The van der Waals surface area contributed by atoms with Crippen LogP contribution >= 0.6 is 0 Å². The summed E-state index contributed by atoms with van der Waals surface area (Å²) in [5, 5.41) is 4.37. The number of alkyl halides is 12. The second-order valence-electron chi connectivity index (χ2n) is 10.1. The maximum Gasteiger partial charge on any atom is 0.417 e. The lowest BCUT2D eigenvalue weighted by Crippen LogP contribution is -2.43. The fourth-order valence-corrected chi connectivity index (χ4v) is 7.08. The Hall–Kier alpha value is -3.96. The summed E-state index contributed by atoms with van der Waals surface area (Å²) in [6.45, 7) is 1.57. The Morgan fingerprint density at radius 1 is 0.646 bits per heavy atom. The molecule has 0 unspecified atom stereocenters. The van der Waals surface area contributed by atoms with Crippen LogP contribution in [0.25, 0.3) is 0 Å². The lowest BCUT2D eigenvalue weighted by Gasteiger charge is -2.28. The van der Waals surface area contributed by atoms with Crippen molar-refractivity contribution < 1.29 is 69.5 Å². The Balaban J connectivity index is 0.000000218. The summed E-state index contributed by atoms with van der Waals surface area (Å²) in [4.78, 5) is 5.01. The number of nitrogens with zero attached hydrogens (tertiary/aromatic N) is 2. The average molecular weight is 749 g/mol. The van der Waals surface area contributed by atoms with Gasteiger partial charge in [0.1, 0.15) is 9.79 Å². The summed E-state index contributed by atoms with van der Waals surface area (Å²) >= 11 is 0. The first-order valence-corrected chi connectivity index (χ1v) is 16.1. The van der Waals surface area contributed by atoms with Gasteiger partial charge in [-0.3, -0.25) is 4.99 Å². The number of fused-ring (bicyclic) bond motifs is 2. The maximum absolute atomic E-state index is 13.1. The van der Waals surface area contributed by atoms with Crippen LogP contribution in [0.4, 0.5) is 64.1 Å². The molecule has 0 saturated heterocycles. The van der Waals surface area contributed by atoms with Gasteiger partial charge < -0.3 is 10.6 Å². The molecule has 2 aliphatic heterocycles. The van der Waals surface area contributed by atoms with Crippen molar-refractivity contribution in [3.8, 4) is 0 Å². The molecule has 1 saturated carbocycles. The molecule has 0 radical (unpaired) electrons. The van der Waals surface area contributed by atoms with Gasteiger partial charge in [0.05, 0.1) is 39.7 Å². The Kier molecular flexibility index (Phi) is 9.35. The van der Waals surface area contributed by atoms with E-state index >= 15 is 0 Å². The van der Waals surface area contributed by atoms with Crippen molar-refractivity contribution in [1.29, 1.82) is 0 Å². The number of nitrogens with one attached hydrogen (secondary N) is 4. The first-order chi connectivity index (χ1) is 21.7. The molecule has 0 amide bonds. The Labute approximate surface area is 262 Å². The lowest BCUT2D eigenvalue weighted by molar-refractivity contribution is -0.146. The van der Waals surface area contributed by atoms with Crippen molar-refractivity contribution in [2.75, 3.05) is 17.2 Å². The highest BCUT2D eigenvalue weighted by molar-refractivity contribution is 7.90. The predicted molar refractivity (Wildman–Crippen MR) is 144 cm³/mol. The van der Waals surface area contributed by atoms with E-state index in [-0.39, 0.29) is 30.7 Å². The monoisotopic (exact) mass is 748 g/mol. The number of sulfonamides is 2. The number of hydrogen-bond acceptors (Lipinski definition) is 6.